The summed E-state index contributed by atoms with van der Waals surface area (Å²) in [7, 11) is 0. The Hall–Kier alpha value is 0.804. The van der Waals surface area contributed by atoms with Gasteiger partial charge in [0.1, 0.15) is 0 Å². The van der Waals surface area contributed by atoms with Gasteiger partial charge in [0.05, 0.1) is 0 Å². The van der Waals surface area contributed by atoms with Crippen LogP contribution in [0.25, 0.3) is 0 Å². The quantitative estimate of drug-likeness (QED) is 0.721. The summed E-state index contributed by atoms with van der Waals surface area (Å²) in [6.45, 7) is 4.39. The van der Waals surface area contributed by atoms with Gasteiger partial charge < -0.3 is 0 Å². The van der Waals surface area contributed by atoms with Gasteiger partial charge in [0.15, 0.2) is 0 Å². The summed E-state index contributed by atoms with van der Waals surface area (Å²) in [6, 6.07) is 6.50. The molecule has 0 N–H and O–H groups in total. The zero-order chi connectivity index (χ0) is 6.69. The van der Waals surface area contributed by atoms with Gasteiger partial charge in [0, 0.05) is 18.6 Å². The molecule has 1 aromatic carbocycles. The summed E-state index contributed by atoms with van der Waals surface area (Å²) in [5, 5.41) is 0. The molecule has 0 fully saturated rings. The summed E-state index contributed by atoms with van der Waals surface area (Å²) >= 11 is 0. The minimum Gasteiger partial charge on any atom is -0.213 e. The van der Waals surface area contributed by atoms with E-state index in [4.69, 9.17) is 0 Å². The van der Waals surface area contributed by atoms with E-state index >= 15 is 0 Å². The SMILES string of the molecule is CCCc1ccc[c-]1C.Cl.Cl.Cl.[V]. The van der Waals surface area contributed by atoms with Gasteiger partial charge in [0.25, 0.3) is 0 Å². The molecule has 1 rings (SSSR count). The Morgan fingerprint density at radius 2 is 1.77 bits per heavy atom. The molecule has 0 aliphatic carbocycles. The normalized spacial score (nSPS) is 6.92. The molecule has 0 aromatic heterocycles. The van der Waals surface area contributed by atoms with E-state index < -0.39 is 0 Å². The molecule has 0 amide bonds. The standard InChI is InChI=1S/C9H13.3ClH.V/c1-3-5-9-7-4-6-8(9)2;;;;/h4,6-7H,3,5H2,1-2H3;3*1H;/q-1;;;;. The van der Waals surface area contributed by atoms with Crippen LogP contribution in [0.4, 0.5) is 0 Å². The molecule has 4 heteroatoms. The van der Waals surface area contributed by atoms with Gasteiger partial charge in [-0.25, -0.2) is 12.1 Å². The Bertz CT molecular complexity index is 187. The molecule has 0 aliphatic heterocycles. The summed E-state index contributed by atoms with van der Waals surface area (Å²) in [6.07, 6.45) is 2.49. The Morgan fingerprint density at radius 3 is 2.08 bits per heavy atom. The maximum Gasteiger partial charge on any atom is 0 e. The number of aryl methyl sites for hydroxylation is 2. The van der Waals surface area contributed by atoms with Crippen LogP contribution in [0.2, 0.25) is 0 Å². The van der Waals surface area contributed by atoms with E-state index in [9.17, 15) is 0 Å². The van der Waals surface area contributed by atoms with Crippen LogP contribution in [0.5, 0.6) is 0 Å². The van der Waals surface area contributed by atoms with Crippen molar-refractivity contribution in [3.05, 3.63) is 29.3 Å². The molecule has 0 saturated carbocycles. The molecular formula is C9H16Cl3V-. The molecule has 13 heavy (non-hydrogen) atoms. The van der Waals surface area contributed by atoms with Crippen molar-refractivity contribution in [2.24, 2.45) is 0 Å². The second-order valence-electron chi connectivity index (χ2n) is 2.48. The van der Waals surface area contributed by atoms with Crippen LogP contribution in [-0.2, 0) is 25.0 Å². The Labute approximate surface area is 111 Å². The molecule has 0 heterocycles. The fourth-order valence-corrected chi connectivity index (χ4v) is 1.10. The predicted molar refractivity (Wildman–Crippen MR) is 62.5 cm³/mol. The average molecular weight is 282 g/mol. The number of hydrogen-bond acceptors (Lipinski definition) is 0. The molecule has 0 spiro atoms. The zero-order valence-corrected chi connectivity index (χ0v) is 11.7. The van der Waals surface area contributed by atoms with Crippen molar-refractivity contribution >= 4 is 37.2 Å². The first-order chi connectivity index (χ1) is 4.34. The molecule has 0 nitrogen and oxygen atoms in total. The molecule has 0 bridgehead atoms. The minimum absolute atomic E-state index is 0. The van der Waals surface area contributed by atoms with E-state index in [0.717, 1.165) is 0 Å². The third-order valence-corrected chi connectivity index (χ3v) is 1.67. The molecule has 79 valence electrons. The van der Waals surface area contributed by atoms with E-state index in [1.54, 1.807) is 0 Å². The smallest absolute Gasteiger partial charge is 0 e. The molecule has 1 aromatic rings. The first-order valence-corrected chi connectivity index (χ1v) is 3.55. The molecular weight excluding hydrogens is 265 g/mol. The van der Waals surface area contributed by atoms with Crippen molar-refractivity contribution in [3.8, 4) is 0 Å². The van der Waals surface area contributed by atoms with E-state index in [1.165, 1.54) is 24.0 Å². The van der Waals surface area contributed by atoms with Crippen LogP contribution in [0.15, 0.2) is 18.2 Å². The second kappa shape index (κ2) is 12.8. The third-order valence-electron chi connectivity index (χ3n) is 1.67. The fraction of sp³-hybridized carbons (Fsp3) is 0.444. The number of rotatable bonds is 2. The van der Waals surface area contributed by atoms with Crippen molar-refractivity contribution in [2.75, 3.05) is 0 Å². The van der Waals surface area contributed by atoms with Gasteiger partial charge in [-0.05, 0) is 0 Å². The molecule has 1 radical (unpaired) electrons. The van der Waals surface area contributed by atoms with Crippen LogP contribution in [-0.4, -0.2) is 0 Å². The fourth-order valence-electron chi connectivity index (χ4n) is 1.10. The Balaban J connectivity index is -0.000000101. The first-order valence-electron chi connectivity index (χ1n) is 3.55. The van der Waals surface area contributed by atoms with Crippen LogP contribution in [0.1, 0.15) is 24.5 Å². The summed E-state index contributed by atoms with van der Waals surface area (Å²) < 4.78 is 0. The molecule has 0 unspecified atom stereocenters. The molecule has 0 atom stereocenters. The summed E-state index contributed by atoms with van der Waals surface area (Å²) in [5.74, 6) is 0. The van der Waals surface area contributed by atoms with Crippen molar-refractivity contribution in [1.29, 1.82) is 0 Å². The maximum atomic E-state index is 2.21. The van der Waals surface area contributed by atoms with Crippen molar-refractivity contribution in [1.82, 2.24) is 0 Å². The number of hydrogen-bond donors (Lipinski definition) is 0. The largest absolute Gasteiger partial charge is 0.213 e. The maximum absolute atomic E-state index is 2.21. The monoisotopic (exact) mass is 280 g/mol. The van der Waals surface area contributed by atoms with Crippen LogP contribution in [0.3, 0.4) is 0 Å². The van der Waals surface area contributed by atoms with Gasteiger partial charge in [-0.2, -0.15) is 17.2 Å². The van der Waals surface area contributed by atoms with Crippen molar-refractivity contribution < 1.29 is 18.6 Å². The average Bonchev–Trinajstić information content (AvgIpc) is 2.18. The Morgan fingerprint density at radius 1 is 1.23 bits per heavy atom. The zero-order valence-electron chi connectivity index (χ0n) is 7.82. The molecule has 0 aliphatic rings. The Kier molecular flexibility index (Phi) is 23.2. The molecule has 0 saturated heterocycles. The van der Waals surface area contributed by atoms with Crippen LogP contribution in [0, 0.1) is 6.92 Å². The minimum atomic E-state index is 0. The summed E-state index contributed by atoms with van der Waals surface area (Å²) in [5.41, 5.74) is 2.95. The van der Waals surface area contributed by atoms with Gasteiger partial charge in [-0.1, -0.05) is 26.7 Å². The van der Waals surface area contributed by atoms with E-state index in [1.807, 2.05) is 0 Å². The van der Waals surface area contributed by atoms with Crippen LogP contribution < -0.4 is 0 Å². The summed E-state index contributed by atoms with van der Waals surface area (Å²) in [4.78, 5) is 0. The van der Waals surface area contributed by atoms with E-state index in [0.29, 0.717) is 0 Å². The first kappa shape index (κ1) is 23.5. The van der Waals surface area contributed by atoms with Crippen LogP contribution >= 0.6 is 37.2 Å². The van der Waals surface area contributed by atoms with Crippen molar-refractivity contribution in [3.63, 3.8) is 0 Å². The van der Waals surface area contributed by atoms with Gasteiger partial charge in [0.2, 0.25) is 0 Å². The van der Waals surface area contributed by atoms with Crippen molar-refractivity contribution in [2.45, 2.75) is 26.7 Å². The van der Waals surface area contributed by atoms with Gasteiger partial charge >= 0.3 is 0 Å². The number of halogens is 3. The van der Waals surface area contributed by atoms with Gasteiger partial charge in [-0.3, -0.25) is 0 Å². The predicted octanol–water partition coefficient (Wildman–Crippen LogP) is 3.93. The third kappa shape index (κ3) is 7.84. The second-order valence-corrected chi connectivity index (χ2v) is 2.48. The van der Waals surface area contributed by atoms with Gasteiger partial charge in [-0.15, -0.1) is 37.2 Å². The topological polar surface area (TPSA) is 0 Å². The van der Waals surface area contributed by atoms with E-state index in [2.05, 4.69) is 32.0 Å². The van der Waals surface area contributed by atoms with E-state index in [-0.39, 0.29) is 55.8 Å².